The molecule has 0 aliphatic rings. The smallest absolute Gasteiger partial charge is 0.0951 e. The van der Waals surface area contributed by atoms with E-state index in [1.54, 1.807) is 10.9 Å². The number of nitrogens with two attached hydrogens (primary N) is 1. The first-order valence-corrected chi connectivity index (χ1v) is 5.86. The van der Waals surface area contributed by atoms with Gasteiger partial charge >= 0.3 is 0 Å². The Morgan fingerprint density at radius 3 is 2.53 bits per heavy atom. The molecular weight excluding hydrogens is 324 g/mol. The molecule has 6 heteroatoms. The molecule has 15 heavy (non-hydrogen) atoms. The Morgan fingerprint density at radius 1 is 1.27 bits per heavy atom. The molecule has 0 saturated carbocycles. The van der Waals surface area contributed by atoms with Crippen LogP contribution in [0.2, 0.25) is 0 Å². The molecule has 2 N–H and O–H groups in total. The predicted molar refractivity (Wildman–Crippen MR) is 64.7 cm³/mol. The molecule has 0 aliphatic heterocycles. The van der Waals surface area contributed by atoms with Gasteiger partial charge in [0.2, 0.25) is 0 Å². The number of aromatic nitrogens is 3. The molecule has 0 saturated heterocycles. The van der Waals surface area contributed by atoms with Gasteiger partial charge in [-0.05, 0) is 44.0 Å². The summed E-state index contributed by atoms with van der Waals surface area (Å²) in [5.74, 6) is 0. The molecule has 0 radical (unpaired) electrons. The van der Waals surface area contributed by atoms with Gasteiger partial charge in [-0.25, -0.2) is 4.68 Å². The van der Waals surface area contributed by atoms with Crippen molar-refractivity contribution in [3.8, 4) is 5.69 Å². The summed E-state index contributed by atoms with van der Waals surface area (Å²) >= 11 is 6.94. The number of halogens is 2. The van der Waals surface area contributed by atoms with Gasteiger partial charge in [0.1, 0.15) is 0 Å². The lowest BCUT2D eigenvalue weighted by Gasteiger charge is -2.08. The molecule has 0 bridgehead atoms. The minimum atomic E-state index is 0.404. The van der Waals surface area contributed by atoms with E-state index >= 15 is 0 Å². The molecule has 78 valence electrons. The van der Waals surface area contributed by atoms with Crippen LogP contribution in [0.3, 0.4) is 0 Å². The van der Waals surface area contributed by atoms with Gasteiger partial charge in [-0.3, -0.25) is 0 Å². The zero-order valence-electron chi connectivity index (χ0n) is 7.69. The fraction of sp³-hybridized carbons (Fsp3) is 0.111. The van der Waals surface area contributed by atoms with E-state index < -0.39 is 0 Å². The zero-order valence-corrected chi connectivity index (χ0v) is 10.9. The normalized spacial score (nSPS) is 10.6. The summed E-state index contributed by atoms with van der Waals surface area (Å²) in [4.78, 5) is 0. The predicted octanol–water partition coefficient (Wildman–Crippen LogP) is 2.25. The van der Waals surface area contributed by atoms with Crippen LogP contribution >= 0.6 is 31.9 Å². The molecule has 1 heterocycles. The number of hydrogen-bond donors (Lipinski definition) is 1. The molecule has 1 aromatic heterocycles. The highest BCUT2D eigenvalue weighted by atomic mass is 79.9. The fourth-order valence-electron chi connectivity index (χ4n) is 1.28. The average molecular weight is 332 g/mol. The largest absolute Gasteiger partial charge is 0.325 e. The van der Waals surface area contributed by atoms with Crippen LogP contribution < -0.4 is 5.73 Å². The van der Waals surface area contributed by atoms with E-state index in [-0.39, 0.29) is 0 Å². The molecule has 1 aromatic carbocycles. The Kier molecular flexibility index (Phi) is 3.18. The summed E-state index contributed by atoms with van der Waals surface area (Å²) in [6.45, 7) is 0.404. The van der Waals surface area contributed by atoms with Crippen LogP contribution in [0.15, 0.2) is 33.3 Å². The maximum Gasteiger partial charge on any atom is 0.0951 e. The second-order valence-corrected chi connectivity index (χ2v) is 4.62. The van der Waals surface area contributed by atoms with E-state index in [2.05, 4.69) is 42.2 Å². The Morgan fingerprint density at radius 2 is 1.93 bits per heavy atom. The van der Waals surface area contributed by atoms with Gasteiger partial charge in [0, 0.05) is 15.5 Å². The second kappa shape index (κ2) is 4.42. The van der Waals surface area contributed by atoms with Gasteiger partial charge in [0.25, 0.3) is 0 Å². The SMILES string of the molecule is NCc1cnnn1-c1c(Br)cccc1Br. The summed E-state index contributed by atoms with van der Waals surface area (Å²) in [5, 5.41) is 7.85. The van der Waals surface area contributed by atoms with Crippen molar-refractivity contribution in [3.63, 3.8) is 0 Å². The van der Waals surface area contributed by atoms with Crippen molar-refractivity contribution >= 4 is 31.9 Å². The number of nitrogens with zero attached hydrogens (tertiary/aromatic N) is 3. The number of rotatable bonds is 2. The van der Waals surface area contributed by atoms with Crippen LogP contribution in [-0.2, 0) is 6.54 Å². The second-order valence-electron chi connectivity index (χ2n) is 2.91. The quantitative estimate of drug-likeness (QED) is 0.918. The minimum absolute atomic E-state index is 0.404. The van der Waals surface area contributed by atoms with Gasteiger partial charge in [0.05, 0.1) is 17.6 Å². The van der Waals surface area contributed by atoms with Crippen LogP contribution in [0.4, 0.5) is 0 Å². The number of para-hydroxylation sites is 1. The first-order chi connectivity index (χ1) is 7.24. The van der Waals surface area contributed by atoms with Crippen molar-refractivity contribution in [1.29, 1.82) is 0 Å². The van der Waals surface area contributed by atoms with Crippen molar-refractivity contribution in [1.82, 2.24) is 15.0 Å². The van der Waals surface area contributed by atoms with E-state index in [0.717, 1.165) is 20.3 Å². The third-order valence-electron chi connectivity index (χ3n) is 1.98. The van der Waals surface area contributed by atoms with Crippen molar-refractivity contribution < 1.29 is 0 Å². The lowest BCUT2D eigenvalue weighted by atomic mass is 10.3. The molecule has 0 amide bonds. The molecule has 0 unspecified atom stereocenters. The highest BCUT2D eigenvalue weighted by molar-refractivity contribution is 9.11. The molecule has 0 atom stereocenters. The van der Waals surface area contributed by atoms with Gasteiger partial charge in [-0.2, -0.15) is 0 Å². The number of benzene rings is 1. The third kappa shape index (κ3) is 1.97. The van der Waals surface area contributed by atoms with Crippen LogP contribution in [0.5, 0.6) is 0 Å². The summed E-state index contributed by atoms with van der Waals surface area (Å²) in [6, 6.07) is 5.83. The molecule has 0 fully saturated rings. The third-order valence-corrected chi connectivity index (χ3v) is 3.26. The summed E-state index contributed by atoms with van der Waals surface area (Å²) in [5.41, 5.74) is 7.38. The average Bonchev–Trinajstić information content (AvgIpc) is 2.65. The molecule has 2 rings (SSSR count). The Balaban J connectivity index is 2.63. The van der Waals surface area contributed by atoms with Gasteiger partial charge in [-0.15, -0.1) is 5.10 Å². The highest BCUT2D eigenvalue weighted by Crippen LogP contribution is 2.28. The van der Waals surface area contributed by atoms with E-state index in [1.165, 1.54) is 0 Å². The van der Waals surface area contributed by atoms with Crippen LogP contribution in [0, 0.1) is 0 Å². The Bertz CT molecular complexity index is 460. The molecule has 2 aromatic rings. The van der Waals surface area contributed by atoms with Crippen molar-refractivity contribution in [2.75, 3.05) is 0 Å². The lowest BCUT2D eigenvalue weighted by Crippen LogP contribution is -2.08. The fourth-order valence-corrected chi connectivity index (χ4v) is 2.61. The van der Waals surface area contributed by atoms with E-state index in [9.17, 15) is 0 Å². The number of hydrogen-bond acceptors (Lipinski definition) is 3. The lowest BCUT2D eigenvalue weighted by molar-refractivity contribution is 0.756. The monoisotopic (exact) mass is 330 g/mol. The Labute approximate surface area is 104 Å². The maximum absolute atomic E-state index is 5.60. The van der Waals surface area contributed by atoms with Crippen LogP contribution in [0.1, 0.15) is 5.69 Å². The summed E-state index contributed by atoms with van der Waals surface area (Å²) in [7, 11) is 0. The van der Waals surface area contributed by atoms with Gasteiger partial charge < -0.3 is 5.73 Å². The van der Waals surface area contributed by atoms with E-state index in [0.29, 0.717) is 6.54 Å². The van der Waals surface area contributed by atoms with E-state index in [1.807, 2.05) is 18.2 Å². The standard InChI is InChI=1S/C9H8Br2N4/c10-7-2-1-3-8(11)9(7)15-6(4-12)5-13-14-15/h1-3,5H,4,12H2. The zero-order chi connectivity index (χ0) is 10.8. The molecule has 4 nitrogen and oxygen atoms in total. The summed E-state index contributed by atoms with van der Waals surface area (Å²) < 4.78 is 3.60. The molecule has 0 aliphatic carbocycles. The van der Waals surface area contributed by atoms with Gasteiger partial charge in [0.15, 0.2) is 0 Å². The molecular formula is C9H8Br2N4. The first kappa shape index (κ1) is 10.8. The van der Waals surface area contributed by atoms with Crippen molar-refractivity contribution in [2.24, 2.45) is 5.73 Å². The van der Waals surface area contributed by atoms with E-state index in [4.69, 9.17) is 5.73 Å². The molecule has 0 spiro atoms. The van der Waals surface area contributed by atoms with Gasteiger partial charge in [-0.1, -0.05) is 11.3 Å². The van der Waals surface area contributed by atoms with Crippen molar-refractivity contribution in [2.45, 2.75) is 6.54 Å². The summed E-state index contributed by atoms with van der Waals surface area (Å²) in [6.07, 6.45) is 1.66. The highest BCUT2D eigenvalue weighted by Gasteiger charge is 2.11. The Hall–Kier alpha value is -0.720. The van der Waals surface area contributed by atoms with Crippen molar-refractivity contribution in [3.05, 3.63) is 39.0 Å². The topological polar surface area (TPSA) is 56.7 Å². The first-order valence-electron chi connectivity index (χ1n) is 4.28. The maximum atomic E-state index is 5.60. The minimum Gasteiger partial charge on any atom is -0.325 e. The van der Waals surface area contributed by atoms with Crippen LogP contribution in [0.25, 0.3) is 5.69 Å². The van der Waals surface area contributed by atoms with Crippen LogP contribution in [-0.4, -0.2) is 15.0 Å².